The Bertz CT molecular complexity index is 2630. The van der Waals surface area contributed by atoms with Crippen LogP contribution < -0.4 is 21.1 Å². The van der Waals surface area contributed by atoms with Crippen molar-refractivity contribution in [2.24, 2.45) is 0 Å². The molecule has 0 unspecified atom stereocenters. The van der Waals surface area contributed by atoms with Crippen LogP contribution in [0.4, 0.5) is 26.8 Å². The average Bonchev–Trinajstić information content (AvgIpc) is 3.63. The predicted molar refractivity (Wildman–Crippen MR) is 237 cm³/mol. The summed E-state index contributed by atoms with van der Waals surface area (Å²) >= 11 is 0. The molecule has 1 aliphatic heterocycles. The topological polar surface area (TPSA) is 246 Å². The Balaban J connectivity index is 1.11. The number of hydrogen-bond donors (Lipinski definition) is 3. The molecule has 4 atom stereocenters. The minimum atomic E-state index is -1.49. The molecule has 7 rings (SSSR count). The number of carbonyl (C=O) groups is 2. The fourth-order valence-electron chi connectivity index (χ4n) is 7.49. The first-order valence-corrected chi connectivity index (χ1v) is 20.6. The van der Waals surface area contributed by atoms with Crippen molar-refractivity contribution in [3.8, 4) is 5.75 Å². The van der Waals surface area contributed by atoms with Gasteiger partial charge in [-0.05, 0) is 46.0 Å². The highest BCUT2D eigenvalue weighted by Crippen LogP contribution is 2.42. The van der Waals surface area contributed by atoms with Gasteiger partial charge in [0.25, 0.3) is 11.4 Å². The van der Waals surface area contributed by atoms with Crippen molar-refractivity contribution in [3.05, 3.63) is 204 Å². The molecule has 19 heteroatoms. The number of non-ortho nitro benzene ring substituents is 2. The van der Waals surface area contributed by atoms with E-state index in [2.05, 4.69) is 15.6 Å². The third kappa shape index (κ3) is 10.8. The minimum absolute atomic E-state index is 0.0728. The molecule has 3 N–H and O–H groups in total. The highest BCUT2D eigenvalue weighted by atomic mass is 16.6. The normalized spacial score (nSPS) is 16.8. The number of amides is 2. The number of rotatable bonds is 18. The Morgan fingerprint density at radius 3 is 1.76 bits per heavy atom. The van der Waals surface area contributed by atoms with E-state index in [1.807, 2.05) is 84.9 Å². The van der Waals surface area contributed by atoms with Gasteiger partial charge in [-0.15, -0.1) is 0 Å². The van der Waals surface area contributed by atoms with E-state index >= 15 is 0 Å². The largest absolute Gasteiger partial charge is 0.497 e. The van der Waals surface area contributed by atoms with Gasteiger partial charge in [-0.2, -0.15) is 4.98 Å². The number of aromatic nitrogens is 2. The number of hydrogen-bond acceptors (Lipinski definition) is 14. The molecule has 2 amide bonds. The van der Waals surface area contributed by atoms with Gasteiger partial charge in [-0.25, -0.2) is 14.4 Å². The first-order chi connectivity index (χ1) is 31.9. The van der Waals surface area contributed by atoms with Crippen LogP contribution in [0.25, 0.3) is 0 Å². The van der Waals surface area contributed by atoms with Gasteiger partial charge in [0.1, 0.15) is 35.4 Å². The van der Waals surface area contributed by atoms with Crippen molar-refractivity contribution in [1.29, 1.82) is 0 Å². The number of benzene rings is 5. The van der Waals surface area contributed by atoms with Crippen LogP contribution in [-0.2, 0) is 37.4 Å². The minimum Gasteiger partial charge on any atom is -0.497 e. The van der Waals surface area contributed by atoms with Gasteiger partial charge >= 0.3 is 17.9 Å². The number of nitro groups is 2. The first-order valence-electron chi connectivity index (χ1n) is 20.6. The van der Waals surface area contributed by atoms with Crippen LogP contribution in [0, 0.1) is 20.2 Å². The van der Waals surface area contributed by atoms with Crippen LogP contribution in [0.5, 0.6) is 5.75 Å². The van der Waals surface area contributed by atoms with Crippen molar-refractivity contribution < 1.29 is 48.2 Å². The van der Waals surface area contributed by atoms with Crippen molar-refractivity contribution in [3.63, 3.8) is 0 Å². The maximum Gasteiger partial charge on any atom is 0.412 e. The molecule has 1 aromatic heterocycles. The van der Waals surface area contributed by atoms with E-state index in [0.717, 1.165) is 21.3 Å². The predicted octanol–water partition coefficient (Wildman–Crippen LogP) is 6.46. The molecule has 5 aromatic carbocycles. The molecule has 1 fully saturated rings. The lowest BCUT2D eigenvalue weighted by molar-refractivity contribution is -0.385. The van der Waals surface area contributed by atoms with Crippen molar-refractivity contribution >= 4 is 29.4 Å². The number of alkyl carbamates (subject to hydrolysis) is 1. The lowest BCUT2D eigenvalue weighted by Gasteiger charge is -2.37. The maximum absolute atomic E-state index is 13.7. The van der Waals surface area contributed by atoms with Crippen molar-refractivity contribution in [2.75, 3.05) is 32.2 Å². The number of ether oxygens (including phenoxy) is 5. The molecule has 0 aliphatic carbocycles. The third-order valence-corrected chi connectivity index (χ3v) is 10.9. The molecule has 1 aliphatic rings. The van der Waals surface area contributed by atoms with Gasteiger partial charge in [-0.3, -0.25) is 30.1 Å². The molecule has 66 heavy (non-hydrogen) atoms. The average molecular weight is 901 g/mol. The summed E-state index contributed by atoms with van der Waals surface area (Å²) in [6.45, 7) is -0.479. The van der Waals surface area contributed by atoms with Crippen molar-refractivity contribution in [2.45, 2.75) is 42.9 Å². The molecule has 6 aromatic rings. The highest BCUT2D eigenvalue weighted by Gasteiger charge is 2.48. The van der Waals surface area contributed by atoms with E-state index in [0.29, 0.717) is 16.9 Å². The number of methoxy groups -OCH3 is 1. The molecule has 0 saturated carbocycles. The lowest BCUT2D eigenvalue weighted by atomic mass is 9.80. The molecule has 1 saturated heterocycles. The highest BCUT2D eigenvalue weighted by molar-refractivity contribution is 5.83. The number of nitrogens with one attached hydrogen (secondary N) is 2. The number of aliphatic hydroxyl groups excluding tert-OH is 1. The summed E-state index contributed by atoms with van der Waals surface area (Å²) in [5.74, 6) is 0.455. The molecule has 0 radical (unpaired) electrons. The number of nitro benzene ring substituents is 2. The molecule has 0 bridgehead atoms. The van der Waals surface area contributed by atoms with Crippen LogP contribution in [0.1, 0.15) is 34.0 Å². The Kier molecular flexibility index (Phi) is 14.7. The summed E-state index contributed by atoms with van der Waals surface area (Å²) in [6.07, 6.45) is -4.15. The summed E-state index contributed by atoms with van der Waals surface area (Å²) < 4.78 is 30.5. The van der Waals surface area contributed by atoms with Crippen LogP contribution in [-0.4, -0.2) is 81.9 Å². The zero-order valence-electron chi connectivity index (χ0n) is 35.3. The summed E-state index contributed by atoms with van der Waals surface area (Å²) in [5, 5.41) is 39.0. The summed E-state index contributed by atoms with van der Waals surface area (Å²) in [5.41, 5.74) is 1.26. The van der Waals surface area contributed by atoms with E-state index in [-0.39, 0.29) is 49.9 Å². The second-order valence-corrected chi connectivity index (χ2v) is 14.9. The summed E-state index contributed by atoms with van der Waals surface area (Å²) in [7, 11) is 1.56. The summed E-state index contributed by atoms with van der Waals surface area (Å²) in [6, 6.07) is 37.9. The number of aliphatic hydroxyl groups is 1. The lowest BCUT2D eigenvalue weighted by Crippen LogP contribution is -2.48. The Morgan fingerprint density at radius 1 is 0.742 bits per heavy atom. The van der Waals surface area contributed by atoms with E-state index < -0.39 is 57.8 Å². The maximum atomic E-state index is 13.7. The molecule has 19 nitrogen and oxygen atoms in total. The van der Waals surface area contributed by atoms with E-state index in [1.165, 1.54) is 36.5 Å². The summed E-state index contributed by atoms with van der Waals surface area (Å²) in [4.78, 5) is 64.6. The number of nitrogens with zero attached hydrogens (tertiary/aromatic N) is 4. The van der Waals surface area contributed by atoms with E-state index in [4.69, 9.17) is 23.7 Å². The van der Waals surface area contributed by atoms with E-state index in [9.17, 15) is 39.7 Å². The van der Waals surface area contributed by atoms with Gasteiger partial charge in [-0.1, -0.05) is 97.1 Å². The van der Waals surface area contributed by atoms with Crippen LogP contribution >= 0.6 is 0 Å². The van der Waals surface area contributed by atoms with Crippen molar-refractivity contribution in [1.82, 2.24) is 14.9 Å². The van der Waals surface area contributed by atoms with Crippen LogP contribution in [0.15, 0.2) is 151 Å². The first kappa shape index (κ1) is 46.0. The van der Waals surface area contributed by atoms with Gasteiger partial charge in [0, 0.05) is 43.3 Å². The zero-order valence-corrected chi connectivity index (χ0v) is 35.3. The molecule has 2 heterocycles. The second-order valence-electron chi connectivity index (χ2n) is 14.9. The fraction of sp³-hybridized carbons (Fsp3) is 0.234. The third-order valence-electron chi connectivity index (χ3n) is 10.9. The molecular formula is C47H44N6O13. The van der Waals surface area contributed by atoms with Gasteiger partial charge in [0.05, 0.1) is 36.8 Å². The standard InChI is InChI=1S/C47H44N6O13/c1-62-38-22-16-35(17-23-38)47(33-8-4-2-5-9-33,34-10-6-3-7-11-34)65-30-39-42(54)41(50-46(57)64-29-26-32-14-20-37(21-15-32)53(60)61)43(66-39)51-27-24-40(48-44(51)55)49-45(56)63-28-25-31-12-18-36(19-13-31)52(58)59/h2-24,27,39,41-43,54H,25-26,28-30H2,1H3,(H,50,57)(H,48,49,55,56)/t39-,41-,42-,43-/m1/s1. The number of anilines is 1. The smallest absolute Gasteiger partial charge is 0.412 e. The van der Waals surface area contributed by atoms with Crippen LogP contribution in [0.2, 0.25) is 0 Å². The zero-order chi connectivity index (χ0) is 46.6. The molecular weight excluding hydrogens is 857 g/mol. The SMILES string of the molecule is COc1ccc(C(OC[C@H]2O[C@@H](n3ccc(NC(=O)OCCc4ccc([N+](=O)[O-])cc4)nc3=O)[C@H](NC(=O)OCCc3ccc([N+](=O)[O-])cc3)[C@@H]2O)(c2ccccc2)c2ccccc2)cc1. The van der Waals surface area contributed by atoms with Gasteiger partial charge in [0.2, 0.25) is 0 Å². The second kappa shape index (κ2) is 21.1. The quantitative estimate of drug-likeness (QED) is 0.0476. The molecule has 340 valence electrons. The van der Waals surface area contributed by atoms with Gasteiger partial charge < -0.3 is 34.1 Å². The Morgan fingerprint density at radius 2 is 1.26 bits per heavy atom. The van der Waals surface area contributed by atoms with Crippen LogP contribution in [0.3, 0.4) is 0 Å². The number of carbonyl (C=O) groups excluding carboxylic acids is 2. The van der Waals surface area contributed by atoms with Gasteiger partial charge in [0.15, 0.2) is 6.23 Å². The van der Waals surface area contributed by atoms with E-state index in [1.54, 1.807) is 31.4 Å². The Labute approximate surface area is 376 Å². The molecule has 0 spiro atoms. The Hall–Kier alpha value is -8.00. The fourth-order valence-corrected chi connectivity index (χ4v) is 7.49. The monoisotopic (exact) mass is 900 g/mol.